The number of carboxylic acids is 2. The van der Waals surface area contributed by atoms with Crippen molar-refractivity contribution in [3.8, 4) is 5.75 Å². The fourth-order valence-electron chi connectivity index (χ4n) is 5.90. The van der Waals surface area contributed by atoms with Crippen LogP contribution in [0.25, 0.3) is 0 Å². The van der Waals surface area contributed by atoms with Gasteiger partial charge in [-0.25, -0.2) is 14.4 Å². The molecule has 0 aliphatic carbocycles. The maximum absolute atomic E-state index is 14.1. The van der Waals surface area contributed by atoms with Crippen LogP contribution in [0.15, 0.2) is 152 Å². The highest BCUT2D eigenvalue weighted by molar-refractivity contribution is 8.00. The second-order valence-electron chi connectivity index (χ2n) is 12.2. The zero-order valence-electron chi connectivity index (χ0n) is 29.0. The van der Waals surface area contributed by atoms with Gasteiger partial charge < -0.3 is 30.9 Å². The number of rotatable bonds is 17. The second kappa shape index (κ2) is 18.9. The summed E-state index contributed by atoms with van der Waals surface area (Å²) < 4.78 is 4.27. The van der Waals surface area contributed by atoms with Gasteiger partial charge in [0, 0.05) is 12.2 Å². The van der Waals surface area contributed by atoms with E-state index < -0.39 is 52.7 Å². The maximum Gasteiger partial charge on any atom is 0.413 e. The maximum atomic E-state index is 14.1. The summed E-state index contributed by atoms with van der Waals surface area (Å²) in [6.45, 7) is 0. The molecule has 5 N–H and O–H groups in total. The van der Waals surface area contributed by atoms with Gasteiger partial charge in [-0.1, -0.05) is 140 Å². The summed E-state index contributed by atoms with van der Waals surface area (Å²) in [6.07, 6.45) is -1.72. The minimum atomic E-state index is -1.48. The van der Waals surface area contributed by atoms with Gasteiger partial charge >= 0.3 is 18.0 Å². The number of hydrogen-bond donors (Lipinski definition) is 5. The fraction of sp³-hybridized carbons (Fsp3) is 0.167. The highest BCUT2D eigenvalue weighted by atomic mass is 32.2. The standard InChI is InChI=1S/C42H39N3O8S/c46-36(27-26-34(39(48)49)44-41(52)53-33-24-14-5-15-25-33)43-35(38(47)45-37(40(50)51)29-16-6-1-7-17-29)28-54-42(30-18-8-2-9-19-30,31-20-10-3-11-21-31)32-22-12-4-13-23-32/h1-25,34-35,37H,26-28H2,(H,43,46)(H,44,52)(H,45,47)(H,48,49)(H,50,51)/t34-,35-,37+/m0/s1. The van der Waals surface area contributed by atoms with Crippen molar-refractivity contribution in [1.82, 2.24) is 16.0 Å². The molecule has 3 amide bonds. The van der Waals surface area contributed by atoms with Gasteiger partial charge in [0.1, 0.15) is 17.8 Å². The Balaban J connectivity index is 1.42. The molecule has 0 bridgehead atoms. The first-order chi connectivity index (χ1) is 26.2. The number of hydrogen-bond acceptors (Lipinski definition) is 7. The molecule has 0 saturated carbocycles. The number of para-hydroxylation sites is 1. The molecule has 0 spiro atoms. The van der Waals surface area contributed by atoms with Crippen LogP contribution in [0.1, 0.15) is 41.1 Å². The number of carbonyl (C=O) groups excluding carboxylic acids is 3. The first kappa shape index (κ1) is 38.8. The Bertz CT molecular complexity index is 1910. The van der Waals surface area contributed by atoms with E-state index in [1.807, 2.05) is 91.0 Å². The number of carboxylic acid groups (broad SMARTS) is 2. The highest BCUT2D eigenvalue weighted by Gasteiger charge is 2.39. The molecular weight excluding hydrogens is 707 g/mol. The Morgan fingerprint density at radius 1 is 0.574 bits per heavy atom. The molecule has 0 unspecified atom stereocenters. The summed E-state index contributed by atoms with van der Waals surface area (Å²) in [5, 5.41) is 27.5. The number of ether oxygens (including phenoxy) is 1. The number of nitrogens with one attached hydrogen (secondary N) is 3. The lowest BCUT2D eigenvalue weighted by molar-refractivity contribution is -0.142. The molecule has 0 aromatic heterocycles. The minimum absolute atomic E-state index is 0.0264. The van der Waals surface area contributed by atoms with Crippen LogP contribution in [0.4, 0.5) is 4.79 Å². The van der Waals surface area contributed by atoms with Gasteiger partial charge in [-0.2, -0.15) is 0 Å². The van der Waals surface area contributed by atoms with E-state index in [4.69, 9.17) is 4.74 Å². The van der Waals surface area contributed by atoms with Gasteiger partial charge in [-0.05, 0) is 40.8 Å². The van der Waals surface area contributed by atoms with E-state index in [0.717, 1.165) is 16.7 Å². The normalized spacial score (nSPS) is 12.7. The van der Waals surface area contributed by atoms with E-state index >= 15 is 0 Å². The molecular formula is C42H39N3O8S. The first-order valence-corrected chi connectivity index (χ1v) is 18.1. The lowest BCUT2D eigenvalue weighted by Crippen LogP contribution is -2.51. The monoisotopic (exact) mass is 745 g/mol. The van der Waals surface area contributed by atoms with Crippen LogP contribution in [-0.2, 0) is 23.9 Å². The molecule has 11 nitrogen and oxygen atoms in total. The predicted octanol–water partition coefficient (Wildman–Crippen LogP) is 6.16. The van der Waals surface area contributed by atoms with Crippen molar-refractivity contribution in [1.29, 1.82) is 0 Å². The van der Waals surface area contributed by atoms with E-state index in [-0.39, 0.29) is 24.3 Å². The van der Waals surface area contributed by atoms with Crippen molar-refractivity contribution in [3.63, 3.8) is 0 Å². The van der Waals surface area contributed by atoms with Crippen molar-refractivity contribution in [3.05, 3.63) is 174 Å². The molecule has 0 fully saturated rings. The molecule has 54 heavy (non-hydrogen) atoms. The van der Waals surface area contributed by atoms with Crippen molar-refractivity contribution in [2.45, 2.75) is 35.7 Å². The van der Waals surface area contributed by atoms with Crippen LogP contribution < -0.4 is 20.7 Å². The molecule has 0 saturated heterocycles. The van der Waals surface area contributed by atoms with Gasteiger partial charge in [0.05, 0.1) is 4.75 Å². The van der Waals surface area contributed by atoms with E-state index in [1.54, 1.807) is 48.5 Å². The Labute approximate surface area is 316 Å². The number of aliphatic carboxylic acids is 2. The summed E-state index contributed by atoms with van der Waals surface area (Å²) in [5.74, 6) is -3.94. The third kappa shape index (κ3) is 10.1. The Morgan fingerprint density at radius 2 is 1.04 bits per heavy atom. The molecule has 5 rings (SSSR count). The van der Waals surface area contributed by atoms with Crippen molar-refractivity contribution < 1.29 is 38.9 Å². The Morgan fingerprint density at radius 3 is 1.50 bits per heavy atom. The third-order valence-electron chi connectivity index (χ3n) is 8.53. The summed E-state index contributed by atoms with van der Waals surface area (Å²) >= 11 is 1.39. The molecule has 5 aromatic rings. The van der Waals surface area contributed by atoms with Crippen LogP contribution in [0.5, 0.6) is 5.75 Å². The largest absolute Gasteiger partial charge is 0.480 e. The zero-order chi connectivity index (χ0) is 38.3. The van der Waals surface area contributed by atoms with Crippen LogP contribution >= 0.6 is 11.8 Å². The van der Waals surface area contributed by atoms with E-state index in [9.17, 15) is 34.2 Å². The quantitative estimate of drug-likeness (QED) is 0.0700. The van der Waals surface area contributed by atoms with Crippen LogP contribution in [0, 0.1) is 0 Å². The van der Waals surface area contributed by atoms with Crippen LogP contribution in [0.2, 0.25) is 0 Å². The molecule has 276 valence electrons. The topological polar surface area (TPSA) is 171 Å². The van der Waals surface area contributed by atoms with Gasteiger partial charge in [0.25, 0.3) is 0 Å². The van der Waals surface area contributed by atoms with E-state index in [0.29, 0.717) is 5.56 Å². The SMILES string of the molecule is O=C(CC[C@H](NC(=O)Oc1ccccc1)C(=O)O)N[C@@H](CSC(c1ccccc1)(c1ccccc1)c1ccccc1)C(=O)N[C@@H](C(=O)O)c1ccccc1. The third-order valence-corrected chi connectivity index (χ3v) is 10.2. The van der Waals surface area contributed by atoms with E-state index in [2.05, 4.69) is 16.0 Å². The minimum Gasteiger partial charge on any atom is -0.480 e. The summed E-state index contributed by atoms with van der Waals surface area (Å²) in [6, 6.07) is 41.2. The molecule has 12 heteroatoms. The van der Waals surface area contributed by atoms with Gasteiger partial charge in [0.2, 0.25) is 11.8 Å². The predicted molar refractivity (Wildman–Crippen MR) is 205 cm³/mol. The number of thioether (sulfide) groups is 1. The molecule has 0 radical (unpaired) electrons. The van der Waals surface area contributed by atoms with Crippen molar-refractivity contribution in [2.75, 3.05) is 5.75 Å². The summed E-state index contributed by atoms with van der Waals surface area (Å²) in [7, 11) is 0. The molecule has 3 atom stereocenters. The average molecular weight is 746 g/mol. The summed E-state index contributed by atoms with van der Waals surface area (Å²) in [5.41, 5.74) is 3.05. The van der Waals surface area contributed by atoms with Crippen molar-refractivity contribution in [2.24, 2.45) is 0 Å². The Kier molecular flexibility index (Phi) is 13.6. The smallest absolute Gasteiger partial charge is 0.413 e. The second-order valence-corrected chi connectivity index (χ2v) is 13.4. The molecule has 0 aliphatic heterocycles. The zero-order valence-corrected chi connectivity index (χ0v) is 29.9. The highest BCUT2D eigenvalue weighted by Crippen LogP contribution is 2.48. The molecule has 5 aromatic carbocycles. The van der Waals surface area contributed by atoms with E-state index in [1.165, 1.54) is 23.9 Å². The Hall–Kier alpha value is -6.40. The van der Waals surface area contributed by atoms with Gasteiger partial charge in [0.15, 0.2) is 6.04 Å². The average Bonchev–Trinajstić information content (AvgIpc) is 3.20. The van der Waals surface area contributed by atoms with Crippen LogP contribution in [0.3, 0.4) is 0 Å². The van der Waals surface area contributed by atoms with Gasteiger partial charge in [-0.3, -0.25) is 9.59 Å². The van der Waals surface area contributed by atoms with Crippen LogP contribution in [-0.4, -0.2) is 57.9 Å². The van der Waals surface area contributed by atoms with Crippen molar-refractivity contribution >= 4 is 41.6 Å². The fourth-order valence-corrected chi connectivity index (χ4v) is 7.46. The molecule has 0 aliphatic rings. The first-order valence-electron chi connectivity index (χ1n) is 17.1. The number of carbonyl (C=O) groups is 5. The molecule has 0 heterocycles. The summed E-state index contributed by atoms with van der Waals surface area (Å²) in [4.78, 5) is 64.5. The van der Waals surface area contributed by atoms with Gasteiger partial charge in [-0.15, -0.1) is 11.8 Å². The number of benzene rings is 5. The lowest BCUT2D eigenvalue weighted by Gasteiger charge is -2.36. The lowest BCUT2D eigenvalue weighted by atomic mass is 9.84. The number of amides is 3.